The number of ketones is 1. The second-order valence-corrected chi connectivity index (χ2v) is 3.26. The van der Waals surface area contributed by atoms with Gasteiger partial charge in [-0.05, 0) is 19.4 Å². The van der Waals surface area contributed by atoms with Crippen LogP contribution in [0.15, 0.2) is 0 Å². The second-order valence-electron chi connectivity index (χ2n) is 3.26. The maximum Gasteiger partial charge on any atom is 0.151 e. The fraction of sp³-hybridized carbons (Fsp3) is 0.875. The molecule has 0 radical (unpaired) electrons. The summed E-state index contributed by atoms with van der Waals surface area (Å²) in [7, 11) is 0. The molecule has 2 aliphatic rings. The van der Waals surface area contributed by atoms with Crippen LogP contribution in [0.25, 0.3) is 0 Å². The third-order valence-electron chi connectivity index (χ3n) is 2.63. The fourth-order valence-corrected chi connectivity index (χ4v) is 2.04. The number of Topliss-reactive ketones (excluding diaryl/α,β-unsaturated/α-hetero) is 1. The van der Waals surface area contributed by atoms with E-state index < -0.39 is 0 Å². The van der Waals surface area contributed by atoms with Gasteiger partial charge >= 0.3 is 0 Å². The van der Waals surface area contributed by atoms with Crippen LogP contribution in [0.5, 0.6) is 0 Å². The minimum Gasteiger partial charge on any atom is -0.298 e. The molecule has 56 valence electrons. The number of piperidine rings is 1. The highest BCUT2D eigenvalue weighted by Gasteiger charge is 2.33. The predicted octanol–water partition coefficient (Wildman–Crippen LogP) is 0.814. The minimum atomic E-state index is 0.328. The number of hydrogen-bond donors (Lipinski definition) is 0. The molecule has 2 nitrogen and oxygen atoms in total. The summed E-state index contributed by atoms with van der Waals surface area (Å²) in [6, 6.07) is 0.328. The van der Waals surface area contributed by atoms with Crippen LogP contribution in [0.1, 0.15) is 25.7 Å². The third-order valence-corrected chi connectivity index (χ3v) is 2.63. The number of carbonyl (C=O) groups is 1. The zero-order valence-corrected chi connectivity index (χ0v) is 6.18. The summed E-state index contributed by atoms with van der Waals surface area (Å²) in [5, 5.41) is 0. The van der Waals surface area contributed by atoms with E-state index in [2.05, 4.69) is 4.90 Å². The molecular weight excluding hydrogens is 126 g/mol. The van der Waals surface area contributed by atoms with Crippen LogP contribution < -0.4 is 0 Å². The largest absolute Gasteiger partial charge is 0.298 e. The van der Waals surface area contributed by atoms with Crippen LogP contribution in [0, 0.1) is 0 Å². The molecule has 0 saturated carbocycles. The van der Waals surface area contributed by atoms with E-state index in [-0.39, 0.29) is 0 Å². The summed E-state index contributed by atoms with van der Waals surface area (Å²) in [6.07, 6.45) is 4.49. The normalized spacial score (nSPS) is 34.4. The zero-order chi connectivity index (χ0) is 6.97. The van der Waals surface area contributed by atoms with Crippen molar-refractivity contribution in [1.82, 2.24) is 4.90 Å². The number of rotatable bonds is 0. The van der Waals surface area contributed by atoms with E-state index in [1.807, 2.05) is 0 Å². The first-order chi connectivity index (χ1) is 4.88. The van der Waals surface area contributed by atoms with Crippen molar-refractivity contribution in [3.05, 3.63) is 0 Å². The van der Waals surface area contributed by atoms with Crippen LogP contribution in [0.3, 0.4) is 0 Å². The van der Waals surface area contributed by atoms with Crippen LogP contribution in [-0.2, 0) is 4.79 Å². The van der Waals surface area contributed by atoms with Gasteiger partial charge < -0.3 is 0 Å². The van der Waals surface area contributed by atoms with Crippen molar-refractivity contribution in [2.75, 3.05) is 13.1 Å². The van der Waals surface area contributed by atoms with Crippen molar-refractivity contribution in [2.24, 2.45) is 0 Å². The predicted molar refractivity (Wildman–Crippen MR) is 38.8 cm³/mol. The Morgan fingerprint density at radius 2 is 2.20 bits per heavy atom. The highest BCUT2D eigenvalue weighted by atomic mass is 16.1. The number of fused-ring (bicyclic) bond motifs is 1. The van der Waals surface area contributed by atoms with Gasteiger partial charge in [0.15, 0.2) is 5.78 Å². The van der Waals surface area contributed by atoms with Crippen molar-refractivity contribution in [2.45, 2.75) is 31.7 Å². The van der Waals surface area contributed by atoms with E-state index in [0.29, 0.717) is 11.8 Å². The van der Waals surface area contributed by atoms with Crippen molar-refractivity contribution in [1.29, 1.82) is 0 Å². The summed E-state index contributed by atoms with van der Waals surface area (Å²) >= 11 is 0. The van der Waals surface area contributed by atoms with Gasteiger partial charge in [-0.15, -0.1) is 0 Å². The van der Waals surface area contributed by atoms with Gasteiger partial charge in [0.25, 0.3) is 0 Å². The molecule has 0 unspecified atom stereocenters. The van der Waals surface area contributed by atoms with Gasteiger partial charge in [-0.3, -0.25) is 9.69 Å². The third kappa shape index (κ3) is 0.870. The van der Waals surface area contributed by atoms with E-state index in [1.165, 1.54) is 12.8 Å². The molecule has 0 aliphatic carbocycles. The smallest absolute Gasteiger partial charge is 0.151 e. The molecule has 2 heteroatoms. The molecule has 0 aromatic carbocycles. The van der Waals surface area contributed by atoms with Crippen LogP contribution in [0.2, 0.25) is 0 Å². The Bertz CT molecular complexity index is 155. The summed E-state index contributed by atoms with van der Waals surface area (Å²) in [4.78, 5) is 13.5. The molecule has 0 amide bonds. The molecular formula is C8H13NO. The van der Waals surface area contributed by atoms with Crippen molar-refractivity contribution < 1.29 is 4.79 Å². The summed E-state index contributed by atoms with van der Waals surface area (Å²) in [5.74, 6) is 0.486. The molecule has 2 fully saturated rings. The van der Waals surface area contributed by atoms with E-state index in [1.54, 1.807) is 0 Å². The van der Waals surface area contributed by atoms with Crippen molar-refractivity contribution in [3.8, 4) is 0 Å². The molecule has 2 aliphatic heterocycles. The Morgan fingerprint density at radius 3 is 3.00 bits per heavy atom. The quantitative estimate of drug-likeness (QED) is 0.495. The molecule has 10 heavy (non-hydrogen) atoms. The molecule has 0 N–H and O–H groups in total. The molecule has 2 heterocycles. The maximum atomic E-state index is 11.2. The van der Waals surface area contributed by atoms with E-state index in [9.17, 15) is 4.79 Å². The first-order valence-electron chi connectivity index (χ1n) is 4.15. The number of nitrogens with zero attached hydrogens (tertiary/aromatic N) is 1. The topological polar surface area (TPSA) is 20.3 Å². The standard InChI is InChI=1S/C8H13NO/c10-8-4-6-9-5-2-1-3-7(8)9/h7H,1-6H2/t7-/m1/s1. The molecule has 2 saturated heterocycles. The van der Waals surface area contributed by atoms with E-state index in [0.717, 1.165) is 25.9 Å². The Hall–Kier alpha value is -0.370. The monoisotopic (exact) mass is 139 g/mol. The van der Waals surface area contributed by atoms with Gasteiger partial charge in [0.1, 0.15) is 0 Å². The lowest BCUT2D eigenvalue weighted by molar-refractivity contribution is -0.120. The Kier molecular flexibility index (Phi) is 1.49. The first kappa shape index (κ1) is 6.35. The van der Waals surface area contributed by atoms with Crippen LogP contribution in [-0.4, -0.2) is 29.8 Å². The van der Waals surface area contributed by atoms with E-state index in [4.69, 9.17) is 0 Å². The summed E-state index contributed by atoms with van der Waals surface area (Å²) in [6.45, 7) is 2.19. The van der Waals surface area contributed by atoms with Gasteiger partial charge in [0, 0.05) is 13.0 Å². The Labute approximate surface area is 61.2 Å². The Balaban J connectivity index is 2.08. The molecule has 0 bridgehead atoms. The van der Waals surface area contributed by atoms with Crippen molar-refractivity contribution >= 4 is 5.78 Å². The van der Waals surface area contributed by atoms with Crippen LogP contribution in [0.4, 0.5) is 0 Å². The van der Waals surface area contributed by atoms with Gasteiger partial charge in [-0.1, -0.05) is 6.42 Å². The van der Waals surface area contributed by atoms with Gasteiger partial charge in [0.2, 0.25) is 0 Å². The van der Waals surface area contributed by atoms with Crippen LogP contribution >= 0.6 is 0 Å². The van der Waals surface area contributed by atoms with Crippen molar-refractivity contribution in [3.63, 3.8) is 0 Å². The average molecular weight is 139 g/mol. The number of carbonyl (C=O) groups excluding carboxylic acids is 1. The SMILES string of the molecule is O=C1CCN2CCCC[C@H]12. The molecule has 0 aromatic heterocycles. The molecule has 0 aromatic rings. The fourth-order valence-electron chi connectivity index (χ4n) is 2.04. The van der Waals surface area contributed by atoms with E-state index >= 15 is 0 Å². The second kappa shape index (κ2) is 2.35. The highest BCUT2D eigenvalue weighted by Crippen LogP contribution is 2.23. The van der Waals surface area contributed by atoms with Gasteiger partial charge in [-0.2, -0.15) is 0 Å². The summed E-state index contributed by atoms with van der Waals surface area (Å²) in [5.41, 5.74) is 0. The maximum absolute atomic E-state index is 11.2. The van der Waals surface area contributed by atoms with Gasteiger partial charge in [0.05, 0.1) is 6.04 Å². The lowest BCUT2D eigenvalue weighted by Gasteiger charge is -2.27. The summed E-state index contributed by atoms with van der Waals surface area (Å²) < 4.78 is 0. The molecule has 0 spiro atoms. The number of hydrogen-bond acceptors (Lipinski definition) is 2. The average Bonchev–Trinajstić information content (AvgIpc) is 2.34. The lowest BCUT2D eigenvalue weighted by atomic mass is 10.0. The Morgan fingerprint density at radius 1 is 1.30 bits per heavy atom. The van der Waals surface area contributed by atoms with Gasteiger partial charge in [-0.25, -0.2) is 0 Å². The first-order valence-corrected chi connectivity index (χ1v) is 4.15. The lowest BCUT2D eigenvalue weighted by Crippen LogP contribution is -2.37. The molecule has 2 rings (SSSR count). The highest BCUT2D eigenvalue weighted by molar-refractivity contribution is 5.86. The minimum absolute atomic E-state index is 0.328. The molecule has 1 atom stereocenters. The zero-order valence-electron chi connectivity index (χ0n) is 6.18.